The molecule has 0 fully saturated rings. The number of anilines is 1. The zero-order chi connectivity index (χ0) is 14.4. The lowest BCUT2D eigenvalue weighted by molar-refractivity contribution is -0.384. The number of para-hydroxylation sites is 2. The summed E-state index contributed by atoms with van der Waals surface area (Å²) in [6.45, 7) is 0. The smallest absolute Gasteiger partial charge is 0.294 e. The minimum atomic E-state index is -0.453. The van der Waals surface area contributed by atoms with Crippen molar-refractivity contribution < 1.29 is 9.66 Å². The van der Waals surface area contributed by atoms with E-state index in [4.69, 9.17) is 4.74 Å². The third-order valence-corrected chi connectivity index (χ3v) is 2.62. The average molecular weight is 271 g/mol. The van der Waals surface area contributed by atoms with Gasteiger partial charge in [0.2, 0.25) is 0 Å². The molecule has 0 amide bonds. The topological polar surface area (TPSA) is 76.8 Å². The summed E-state index contributed by atoms with van der Waals surface area (Å²) in [6, 6.07) is 13.6. The normalized spacial score (nSPS) is 10.4. The van der Waals surface area contributed by atoms with Crippen molar-refractivity contribution in [2.45, 2.75) is 0 Å². The number of hydrogen-bond donors (Lipinski definition) is 1. The average Bonchev–Trinajstić information content (AvgIpc) is 2.48. The summed E-state index contributed by atoms with van der Waals surface area (Å²) in [7, 11) is 1.60. The molecule has 2 aromatic carbocycles. The first-order valence-corrected chi connectivity index (χ1v) is 5.87. The molecule has 0 radical (unpaired) electrons. The van der Waals surface area contributed by atoms with Gasteiger partial charge in [-0.15, -0.1) is 0 Å². The van der Waals surface area contributed by atoms with Crippen LogP contribution in [0.25, 0.3) is 0 Å². The molecule has 0 spiro atoms. The van der Waals surface area contributed by atoms with Crippen molar-refractivity contribution in [3.05, 3.63) is 64.2 Å². The number of hydrogen-bond acceptors (Lipinski definition) is 5. The summed E-state index contributed by atoms with van der Waals surface area (Å²) < 4.78 is 5.05. The number of nitrogens with zero attached hydrogens (tertiary/aromatic N) is 2. The Bertz CT molecular complexity index is 624. The summed E-state index contributed by atoms with van der Waals surface area (Å²) >= 11 is 0. The first-order valence-electron chi connectivity index (χ1n) is 5.87. The van der Waals surface area contributed by atoms with Crippen LogP contribution in [-0.2, 0) is 0 Å². The SMILES string of the molecule is COc1ccc(/C=N\Nc2ccccc2[N+](=O)[O-])cc1. The molecule has 102 valence electrons. The molecule has 0 unspecified atom stereocenters. The Labute approximate surface area is 115 Å². The third kappa shape index (κ3) is 3.32. The maximum Gasteiger partial charge on any atom is 0.294 e. The molecule has 0 heterocycles. The van der Waals surface area contributed by atoms with Crippen LogP contribution < -0.4 is 10.2 Å². The minimum Gasteiger partial charge on any atom is -0.497 e. The number of nitro groups is 1. The predicted octanol–water partition coefficient (Wildman–Crippen LogP) is 3.05. The van der Waals surface area contributed by atoms with Crippen molar-refractivity contribution in [2.75, 3.05) is 12.5 Å². The van der Waals surface area contributed by atoms with Crippen LogP contribution in [0.5, 0.6) is 5.75 Å². The second-order valence-electron chi connectivity index (χ2n) is 3.92. The zero-order valence-corrected chi connectivity index (χ0v) is 10.8. The van der Waals surface area contributed by atoms with E-state index >= 15 is 0 Å². The van der Waals surface area contributed by atoms with Gasteiger partial charge in [-0.1, -0.05) is 12.1 Å². The first kappa shape index (κ1) is 13.5. The van der Waals surface area contributed by atoms with Crippen LogP contribution in [0.2, 0.25) is 0 Å². The van der Waals surface area contributed by atoms with E-state index in [1.807, 2.05) is 24.3 Å². The lowest BCUT2D eigenvalue weighted by atomic mass is 10.2. The molecule has 0 aliphatic rings. The first-order chi connectivity index (χ1) is 9.70. The van der Waals surface area contributed by atoms with Gasteiger partial charge in [0.1, 0.15) is 11.4 Å². The van der Waals surface area contributed by atoms with Crippen LogP contribution >= 0.6 is 0 Å². The highest BCUT2D eigenvalue weighted by Gasteiger charge is 2.10. The number of methoxy groups -OCH3 is 1. The van der Waals surface area contributed by atoms with Crippen molar-refractivity contribution in [3.8, 4) is 5.75 Å². The number of nitro benzene ring substituents is 1. The van der Waals surface area contributed by atoms with E-state index in [1.165, 1.54) is 6.07 Å². The largest absolute Gasteiger partial charge is 0.497 e. The molecule has 0 aliphatic heterocycles. The predicted molar refractivity (Wildman–Crippen MR) is 77.3 cm³/mol. The Hall–Kier alpha value is -2.89. The van der Waals surface area contributed by atoms with Gasteiger partial charge in [0.25, 0.3) is 5.69 Å². The Kier molecular flexibility index (Phi) is 4.28. The van der Waals surface area contributed by atoms with E-state index in [2.05, 4.69) is 10.5 Å². The lowest BCUT2D eigenvalue weighted by Gasteiger charge is -2.01. The molecule has 0 aliphatic carbocycles. The highest BCUT2D eigenvalue weighted by atomic mass is 16.6. The fourth-order valence-corrected chi connectivity index (χ4v) is 1.59. The molecule has 0 bridgehead atoms. The summed E-state index contributed by atoms with van der Waals surface area (Å²) in [4.78, 5) is 10.4. The third-order valence-electron chi connectivity index (χ3n) is 2.62. The maximum absolute atomic E-state index is 10.8. The van der Waals surface area contributed by atoms with E-state index in [0.717, 1.165) is 11.3 Å². The fourth-order valence-electron chi connectivity index (χ4n) is 1.59. The second kappa shape index (κ2) is 6.33. The molecular weight excluding hydrogens is 258 g/mol. The molecule has 1 N–H and O–H groups in total. The van der Waals surface area contributed by atoms with Crippen LogP contribution in [0, 0.1) is 10.1 Å². The lowest BCUT2D eigenvalue weighted by Crippen LogP contribution is -1.96. The van der Waals surface area contributed by atoms with Crippen molar-refractivity contribution in [2.24, 2.45) is 5.10 Å². The maximum atomic E-state index is 10.8. The number of nitrogens with one attached hydrogen (secondary N) is 1. The van der Waals surface area contributed by atoms with Crippen molar-refractivity contribution >= 4 is 17.6 Å². The fraction of sp³-hybridized carbons (Fsp3) is 0.0714. The summed E-state index contributed by atoms with van der Waals surface area (Å²) in [5.41, 5.74) is 3.86. The van der Waals surface area contributed by atoms with Crippen LogP contribution in [-0.4, -0.2) is 18.2 Å². The van der Waals surface area contributed by atoms with Crippen LogP contribution in [0.3, 0.4) is 0 Å². The number of hydrazone groups is 1. The van der Waals surface area contributed by atoms with Crippen LogP contribution in [0.1, 0.15) is 5.56 Å². The second-order valence-corrected chi connectivity index (χ2v) is 3.92. The van der Waals surface area contributed by atoms with E-state index in [9.17, 15) is 10.1 Å². The molecule has 6 heteroatoms. The van der Waals surface area contributed by atoms with Gasteiger partial charge in [-0.3, -0.25) is 15.5 Å². The Morgan fingerprint density at radius 2 is 1.90 bits per heavy atom. The molecule has 0 saturated heterocycles. The molecule has 2 rings (SSSR count). The highest BCUT2D eigenvalue weighted by Crippen LogP contribution is 2.22. The van der Waals surface area contributed by atoms with Gasteiger partial charge in [-0.25, -0.2) is 0 Å². The quantitative estimate of drug-likeness (QED) is 0.515. The van der Waals surface area contributed by atoms with Crippen molar-refractivity contribution in [1.29, 1.82) is 0 Å². The van der Waals surface area contributed by atoms with Gasteiger partial charge in [0, 0.05) is 6.07 Å². The standard InChI is InChI=1S/C14H13N3O3/c1-20-12-8-6-11(7-9-12)10-15-16-13-4-2-3-5-14(13)17(18)19/h2-10,16H,1H3/b15-10-. The molecule has 6 nitrogen and oxygen atoms in total. The zero-order valence-electron chi connectivity index (χ0n) is 10.8. The van der Waals surface area contributed by atoms with Crippen LogP contribution in [0.15, 0.2) is 53.6 Å². The van der Waals surface area contributed by atoms with Gasteiger partial charge in [-0.2, -0.15) is 5.10 Å². The summed E-state index contributed by atoms with van der Waals surface area (Å²) in [6.07, 6.45) is 1.58. The van der Waals surface area contributed by atoms with Gasteiger partial charge in [0.05, 0.1) is 18.2 Å². The van der Waals surface area contributed by atoms with Gasteiger partial charge >= 0.3 is 0 Å². The molecule has 0 saturated carbocycles. The Balaban J connectivity index is 2.08. The number of benzene rings is 2. The molecule has 0 aromatic heterocycles. The van der Waals surface area contributed by atoms with Gasteiger partial charge < -0.3 is 4.74 Å². The number of ether oxygens (including phenoxy) is 1. The number of rotatable bonds is 5. The van der Waals surface area contributed by atoms with E-state index in [1.54, 1.807) is 31.5 Å². The highest BCUT2D eigenvalue weighted by molar-refractivity contribution is 5.80. The summed E-state index contributed by atoms with van der Waals surface area (Å²) in [5, 5.41) is 14.8. The van der Waals surface area contributed by atoms with Gasteiger partial charge in [0.15, 0.2) is 0 Å². The van der Waals surface area contributed by atoms with Crippen molar-refractivity contribution in [3.63, 3.8) is 0 Å². The monoisotopic (exact) mass is 271 g/mol. The minimum absolute atomic E-state index is 0.0145. The van der Waals surface area contributed by atoms with E-state index in [-0.39, 0.29) is 5.69 Å². The molecule has 0 atom stereocenters. The van der Waals surface area contributed by atoms with Crippen LogP contribution in [0.4, 0.5) is 11.4 Å². The Morgan fingerprint density at radius 1 is 1.20 bits per heavy atom. The van der Waals surface area contributed by atoms with E-state index in [0.29, 0.717) is 5.69 Å². The Morgan fingerprint density at radius 3 is 2.55 bits per heavy atom. The summed E-state index contributed by atoms with van der Waals surface area (Å²) in [5.74, 6) is 0.758. The molecule has 20 heavy (non-hydrogen) atoms. The molecular formula is C14H13N3O3. The van der Waals surface area contributed by atoms with Gasteiger partial charge in [-0.05, 0) is 35.9 Å². The van der Waals surface area contributed by atoms with Crippen molar-refractivity contribution in [1.82, 2.24) is 0 Å². The molecule has 2 aromatic rings. The van der Waals surface area contributed by atoms with E-state index < -0.39 is 4.92 Å².